The van der Waals surface area contributed by atoms with Crippen molar-refractivity contribution < 1.29 is 28.7 Å². The van der Waals surface area contributed by atoms with E-state index in [1.165, 1.54) is 14.2 Å². The maximum Gasteiger partial charge on any atom is 0.407 e. The van der Waals surface area contributed by atoms with Gasteiger partial charge in [-0.25, -0.2) is 9.86 Å². The number of carbonyl (C=O) groups excluding carboxylic acids is 3. The van der Waals surface area contributed by atoms with Crippen LogP contribution in [0.4, 0.5) is 4.79 Å². The third kappa shape index (κ3) is 5.90. The molecule has 0 saturated heterocycles. The number of hydroxylamine groups is 2. The Morgan fingerprint density at radius 1 is 1.00 bits per heavy atom. The lowest BCUT2D eigenvalue weighted by atomic mass is 9.98. The summed E-state index contributed by atoms with van der Waals surface area (Å²) in [4.78, 5) is 42.4. The van der Waals surface area contributed by atoms with Gasteiger partial charge in [-0.3, -0.25) is 14.4 Å². The van der Waals surface area contributed by atoms with E-state index in [0.29, 0.717) is 0 Å². The number of amides is 2. The van der Waals surface area contributed by atoms with Gasteiger partial charge in [-0.1, -0.05) is 48.5 Å². The first-order valence-corrected chi connectivity index (χ1v) is 10.8. The smallest absolute Gasteiger partial charge is 0.407 e. The third-order valence-corrected chi connectivity index (χ3v) is 5.31. The Labute approximate surface area is 193 Å². The Kier molecular flexibility index (Phi) is 7.38. The summed E-state index contributed by atoms with van der Waals surface area (Å²) < 4.78 is 10.8. The molecular weight excluding hydrogens is 424 g/mol. The number of hydrogen-bond donors (Lipinski definition) is 1. The number of benzene rings is 2. The molecule has 2 aromatic rings. The van der Waals surface area contributed by atoms with Gasteiger partial charge < -0.3 is 14.8 Å². The van der Waals surface area contributed by atoms with E-state index in [4.69, 9.17) is 14.3 Å². The van der Waals surface area contributed by atoms with Gasteiger partial charge in [-0.05, 0) is 43.0 Å². The number of likely N-dealkylation sites (N-methyl/N-ethyl adjacent to an activating group) is 1. The van der Waals surface area contributed by atoms with E-state index < -0.39 is 29.6 Å². The molecule has 3 rings (SSSR count). The van der Waals surface area contributed by atoms with Gasteiger partial charge in [-0.2, -0.15) is 0 Å². The number of nitrogens with one attached hydrogen (secondary N) is 1. The quantitative estimate of drug-likeness (QED) is 0.507. The Bertz CT molecular complexity index is 984. The molecule has 0 aromatic heterocycles. The average Bonchev–Trinajstić information content (AvgIpc) is 3.08. The van der Waals surface area contributed by atoms with Crippen LogP contribution < -0.4 is 5.32 Å². The van der Waals surface area contributed by atoms with Crippen molar-refractivity contribution in [1.29, 1.82) is 0 Å². The number of nitrogens with zero attached hydrogens (tertiary/aromatic N) is 1. The second kappa shape index (κ2) is 10.0. The highest BCUT2D eigenvalue weighted by atomic mass is 16.7. The summed E-state index contributed by atoms with van der Waals surface area (Å²) >= 11 is 0. The molecule has 0 fully saturated rings. The number of ether oxygens (including phenoxy) is 2. The van der Waals surface area contributed by atoms with Gasteiger partial charge >= 0.3 is 12.1 Å². The number of fused-ring (bicyclic) bond motifs is 3. The van der Waals surface area contributed by atoms with Crippen LogP contribution in [-0.2, 0) is 23.9 Å². The SMILES string of the molecule is CON(C)C(=O)C(CC(=O)OC(C)(C)C)NC(=O)OCC1c2ccccc2-c2ccccc21. The monoisotopic (exact) mass is 454 g/mol. The normalized spacial score (nSPS) is 13.5. The highest BCUT2D eigenvalue weighted by Gasteiger charge is 2.32. The predicted molar refractivity (Wildman–Crippen MR) is 122 cm³/mol. The van der Waals surface area contributed by atoms with E-state index in [1.807, 2.05) is 48.5 Å². The fourth-order valence-electron chi connectivity index (χ4n) is 3.84. The second-order valence-electron chi connectivity index (χ2n) is 8.83. The summed E-state index contributed by atoms with van der Waals surface area (Å²) in [7, 11) is 2.71. The van der Waals surface area contributed by atoms with Crippen LogP contribution in [0, 0.1) is 0 Å². The zero-order valence-electron chi connectivity index (χ0n) is 19.6. The van der Waals surface area contributed by atoms with Crippen molar-refractivity contribution in [1.82, 2.24) is 10.4 Å². The van der Waals surface area contributed by atoms with E-state index >= 15 is 0 Å². The van der Waals surface area contributed by atoms with Gasteiger partial charge in [0.2, 0.25) is 0 Å². The van der Waals surface area contributed by atoms with Crippen LogP contribution in [0.2, 0.25) is 0 Å². The van der Waals surface area contributed by atoms with Crippen LogP contribution >= 0.6 is 0 Å². The average molecular weight is 455 g/mol. The minimum Gasteiger partial charge on any atom is -0.460 e. The lowest BCUT2D eigenvalue weighted by molar-refractivity contribution is -0.173. The zero-order valence-corrected chi connectivity index (χ0v) is 19.6. The molecule has 8 nitrogen and oxygen atoms in total. The molecule has 0 heterocycles. The van der Waals surface area contributed by atoms with Crippen molar-refractivity contribution in [2.24, 2.45) is 0 Å². The second-order valence-corrected chi connectivity index (χ2v) is 8.83. The molecule has 0 bridgehead atoms. The van der Waals surface area contributed by atoms with Crippen LogP contribution in [0.15, 0.2) is 48.5 Å². The molecule has 1 aliphatic carbocycles. The van der Waals surface area contributed by atoms with Crippen molar-refractivity contribution in [3.05, 3.63) is 59.7 Å². The minimum atomic E-state index is -1.19. The van der Waals surface area contributed by atoms with Gasteiger partial charge in [0.05, 0.1) is 13.5 Å². The van der Waals surface area contributed by atoms with Gasteiger partial charge in [0.1, 0.15) is 18.2 Å². The number of alkyl carbamates (subject to hydrolysis) is 1. The van der Waals surface area contributed by atoms with Crippen molar-refractivity contribution in [3.8, 4) is 11.1 Å². The molecule has 33 heavy (non-hydrogen) atoms. The molecule has 8 heteroatoms. The summed E-state index contributed by atoms with van der Waals surface area (Å²) in [6.45, 7) is 5.26. The standard InChI is InChI=1S/C25H30N2O6/c1-25(2,3)33-22(28)14-21(23(29)27(4)31-5)26-24(30)32-15-20-18-12-8-6-10-16(18)17-11-7-9-13-19(17)20/h6-13,20-21H,14-15H2,1-5H3,(H,26,30). The van der Waals surface area contributed by atoms with Crippen molar-refractivity contribution in [3.63, 3.8) is 0 Å². The van der Waals surface area contributed by atoms with Crippen molar-refractivity contribution >= 4 is 18.0 Å². The molecule has 2 amide bonds. The van der Waals surface area contributed by atoms with Gasteiger partial charge in [0, 0.05) is 13.0 Å². The maximum absolute atomic E-state index is 12.6. The first-order valence-electron chi connectivity index (χ1n) is 10.8. The molecule has 0 saturated carbocycles. The van der Waals surface area contributed by atoms with Gasteiger partial charge in [0.15, 0.2) is 0 Å². The molecule has 1 atom stereocenters. The van der Waals surface area contributed by atoms with Gasteiger partial charge in [-0.15, -0.1) is 0 Å². The van der Waals surface area contributed by atoms with Crippen LogP contribution in [0.5, 0.6) is 0 Å². The lowest BCUT2D eigenvalue weighted by Gasteiger charge is -2.24. The lowest BCUT2D eigenvalue weighted by Crippen LogP contribution is -2.49. The summed E-state index contributed by atoms with van der Waals surface area (Å²) in [5.41, 5.74) is 3.66. The Balaban J connectivity index is 1.69. The van der Waals surface area contributed by atoms with Crippen molar-refractivity contribution in [2.75, 3.05) is 20.8 Å². The van der Waals surface area contributed by atoms with E-state index in [0.717, 1.165) is 27.3 Å². The Morgan fingerprint density at radius 2 is 1.55 bits per heavy atom. The van der Waals surface area contributed by atoms with E-state index in [2.05, 4.69) is 5.32 Å². The molecule has 0 aliphatic heterocycles. The molecule has 1 unspecified atom stereocenters. The summed E-state index contributed by atoms with van der Waals surface area (Å²) in [6.07, 6.45) is -1.16. The highest BCUT2D eigenvalue weighted by Crippen LogP contribution is 2.44. The molecule has 2 aromatic carbocycles. The number of rotatable bonds is 7. The Morgan fingerprint density at radius 3 is 2.06 bits per heavy atom. The van der Waals surface area contributed by atoms with E-state index in [1.54, 1.807) is 20.8 Å². The van der Waals surface area contributed by atoms with Crippen LogP contribution in [0.1, 0.15) is 44.2 Å². The molecule has 0 spiro atoms. The number of esters is 1. The van der Waals surface area contributed by atoms with E-state index in [-0.39, 0.29) is 18.9 Å². The van der Waals surface area contributed by atoms with Crippen molar-refractivity contribution in [2.45, 2.75) is 44.8 Å². The Hall–Kier alpha value is -3.39. The molecule has 1 aliphatic rings. The fraction of sp³-hybridized carbons (Fsp3) is 0.400. The number of carbonyl (C=O) groups is 3. The van der Waals surface area contributed by atoms with Crippen LogP contribution in [0.25, 0.3) is 11.1 Å². The molecular formula is C25H30N2O6. The zero-order chi connectivity index (χ0) is 24.2. The maximum atomic E-state index is 12.6. The minimum absolute atomic E-state index is 0.0906. The molecule has 176 valence electrons. The first-order chi connectivity index (χ1) is 15.6. The fourth-order valence-corrected chi connectivity index (χ4v) is 3.84. The number of hydrogen-bond acceptors (Lipinski definition) is 6. The molecule has 1 N–H and O–H groups in total. The first kappa shape index (κ1) is 24.3. The van der Waals surface area contributed by atoms with Crippen LogP contribution in [-0.4, -0.2) is 55.4 Å². The van der Waals surface area contributed by atoms with Gasteiger partial charge in [0.25, 0.3) is 5.91 Å². The third-order valence-electron chi connectivity index (χ3n) is 5.31. The largest absolute Gasteiger partial charge is 0.460 e. The summed E-state index contributed by atoms with van der Waals surface area (Å²) in [6, 6.07) is 14.8. The summed E-state index contributed by atoms with van der Waals surface area (Å²) in [5, 5.41) is 3.43. The predicted octanol–water partition coefficient (Wildman–Crippen LogP) is 3.65. The van der Waals surface area contributed by atoms with Crippen LogP contribution in [0.3, 0.4) is 0 Å². The topological polar surface area (TPSA) is 94.2 Å². The molecule has 0 radical (unpaired) electrons. The highest BCUT2D eigenvalue weighted by molar-refractivity contribution is 5.89. The summed E-state index contributed by atoms with van der Waals surface area (Å²) in [5.74, 6) is -1.34. The van der Waals surface area contributed by atoms with E-state index in [9.17, 15) is 14.4 Å².